The van der Waals surface area contributed by atoms with Gasteiger partial charge in [-0.3, -0.25) is 4.79 Å². The van der Waals surface area contributed by atoms with Crippen molar-refractivity contribution in [3.05, 3.63) is 95.6 Å². The maximum absolute atomic E-state index is 13.7. The fraction of sp³-hybridized carbons (Fsp3) is 0.290. The molecule has 4 aromatic rings. The molecule has 6 rings (SSSR count). The summed E-state index contributed by atoms with van der Waals surface area (Å²) in [6.45, 7) is 3.46. The molecule has 1 amide bonds. The number of ether oxygens (including phenoxy) is 1. The van der Waals surface area contributed by atoms with Gasteiger partial charge in [-0.25, -0.2) is 4.98 Å². The summed E-state index contributed by atoms with van der Waals surface area (Å²) in [4.78, 5) is 23.3. The standard InChI is InChI=1S/C31H32N4O2/c1-37-24-15-13-23(14-16-24)34-17-19-35(20-18-34)30-21-27(26-10-4-5-11-29(26)32-30)31(36)33-28-12-6-8-22-7-2-3-9-25(22)28/h2-5,7,9-11,13-16,21,28H,6,8,12,17-20H2,1H3,(H,33,36)/t28-/m1/s1. The number of anilines is 2. The summed E-state index contributed by atoms with van der Waals surface area (Å²) in [6.07, 6.45) is 3.13. The lowest BCUT2D eigenvalue weighted by atomic mass is 9.87. The van der Waals surface area contributed by atoms with Crippen molar-refractivity contribution in [2.75, 3.05) is 43.1 Å². The van der Waals surface area contributed by atoms with Crippen LogP contribution in [0.3, 0.4) is 0 Å². The number of para-hydroxylation sites is 1. The Morgan fingerprint density at radius 1 is 0.919 bits per heavy atom. The second kappa shape index (κ2) is 10.1. The number of aryl methyl sites for hydroxylation is 1. The first-order valence-corrected chi connectivity index (χ1v) is 13.1. The second-order valence-electron chi connectivity index (χ2n) is 9.83. The first-order chi connectivity index (χ1) is 18.2. The Morgan fingerprint density at radius 3 is 2.46 bits per heavy atom. The SMILES string of the molecule is COc1ccc(N2CCN(c3cc(C(=O)N[C@@H]4CCCc5ccccc54)c4ccccc4n3)CC2)cc1. The number of carbonyl (C=O) groups is 1. The van der Waals surface area contributed by atoms with Gasteiger partial charge in [0, 0.05) is 37.3 Å². The lowest BCUT2D eigenvalue weighted by Crippen LogP contribution is -2.47. The molecule has 1 aliphatic heterocycles. The van der Waals surface area contributed by atoms with Crippen molar-refractivity contribution in [1.29, 1.82) is 0 Å². The number of amides is 1. The van der Waals surface area contributed by atoms with Crippen molar-refractivity contribution in [2.24, 2.45) is 0 Å². The van der Waals surface area contributed by atoms with E-state index in [1.54, 1.807) is 7.11 Å². The van der Waals surface area contributed by atoms with Gasteiger partial charge in [-0.15, -0.1) is 0 Å². The smallest absolute Gasteiger partial charge is 0.252 e. The molecule has 188 valence electrons. The van der Waals surface area contributed by atoms with E-state index >= 15 is 0 Å². The molecule has 1 fully saturated rings. The largest absolute Gasteiger partial charge is 0.497 e. The summed E-state index contributed by atoms with van der Waals surface area (Å²) in [6, 6.07) is 26.7. The van der Waals surface area contributed by atoms with Crippen LogP contribution < -0.4 is 19.9 Å². The number of fused-ring (bicyclic) bond motifs is 2. The molecule has 0 saturated carbocycles. The molecule has 1 aromatic heterocycles. The number of carbonyl (C=O) groups excluding carboxylic acids is 1. The summed E-state index contributed by atoms with van der Waals surface area (Å²) < 4.78 is 5.29. The summed E-state index contributed by atoms with van der Waals surface area (Å²) in [5.74, 6) is 1.70. The Balaban J connectivity index is 1.23. The Labute approximate surface area is 217 Å². The van der Waals surface area contributed by atoms with Gasteiger partial charge in [0.05, 0.1) is 24.2 Å². The van der Waals surface area contributed by atoms with E-state index in [-0.39, 0.29) is 11.9 Å². The molecule has 2 heterocycles. The highest BCUT2D eigenvalue weighted by Crippen LogP contribution is 2.31. The van der Waals surface area contributed by atoms with Gasteiger partial charge in [-0.1, -0.05) is 42.5 Å². The van der Waals surface area contributed by atoms with Crippen molar-refractivity contribution in [1.82, 2.24) is 10.3 Å². The lowest BCUT2D eigenvalue weighted by Gasteiger charge is -2.37. The van der Waals surface area contributed by atoms with Gasteiger partial charge in [-0.05, 0) is 66.8 Å². The highest BCUT2D eigenvalue weighted by atomic mass is 16.5. The third-order valence-corrected chi connectivity index (χ3v) is 7.66. The number of pyridine rings is 1. The molecule has 1 atom stereocenters. The lowest BCUT2D eigenvalue weighted by molar-refractivity contribution is 0.0934. The molecular weight excluding hydrogens is 460 g/mol. The Bertz CT molecular complexity index is 1410. The van der Waals surface area contributed by atoms with Crippen LogP contribution in [0.25, 0.3) is 10.9 Å². The molecule has 0 radical (unpaired) electrons. The van der Waals surface area contributed by atoms with E-state index in [1.165, 1.54) is 16.8 Å². The minimum atomic E-state index is -0.0292. The number of aromatic nitrogens is 1. The van der Waals surface area contributed by atoms with Crippen LogP contribution in [0.15, 0.2) is 78.9 Å². The molecule has 0 bridgehead atoms. The number of benzene rings is 3. The van der Waals surface area contributed by atoms with Gasteiger partial charge in [0.1, 0.15) is 11.6 Å². The average Bonchev–Trinajstić information content (AvgIpc) is 2.97. The predicted molar refractivity (Wildman–Crippen MR) is 149 cm³/mol. The molecule has 3 aromatic carbocycles. The van der Waals surface area contributed by atoms with Gasteiger partial charge < -0.3 is 19.9 Å². The number of piperazine rings is 1. The maximum Gasteiger partial charge on any atom is 0.252 e. The predicted octanol–water partition coefficient (Wildman–Crippen LogP) is 5.38. The molecule has 6 nitrogen and oxygen atoms in total. The van der Waals surface area contributed by atoms with Crippen LogP contribution >= 0.6 is 0 Å². The van der Waals surface area contributed by atoms with E-state index in [0.717, 1.165) is 67.9 Å². The zero-order valence-corrected chi connectivity index (χ0v) is 21.2. The number of rotatable bonds is 5. The summed E-state index contributed by atoms with van der Waals surface area (Å²) >= 11 is 0. The van der Waals surface area contributed by atoms with Gasteiger partial charge in [0.15, 0.2) is 0 Å². The van der Waals surface area contributed by atoms with E-state index < -0.39 is 0 Å². The first-order valence-electron chi connectivity index (χ1n) is 13.1. The molecular formula is C31H32N4O2. The van der Waals surface area contributed by atoms with E-state index in [1.807, 2.05) is 42.5 Å². The van der Waals surface area contributed by atoms with Crippen LogP contribution in [-0.4, -0.2) is 44.2 Å². The molecule has 0 unspecified atom stereocenters. The van der Waals surface area contributed by atoms with Gasteiger partial charge in [0.25, 0.3) is 5.91 Å². The highest BCUT2D eigenvalue weighted by Gasteiger charge is 2.25. The van der Waals surface area contributed by atoms with Crippen LogP contribution in [0.2, 0.25) is 0 Å². The number of nitrogens with one attached hydrogen (secondary N) is 1. The van der Waals surface area contributed by atoms with E-state index in [4.69, 9.17) is 9.72 Å². The minimum absolute atomic E-state index is 0.0292. The van der Waals surface area contributed by atoms with Crippen LogP contribution in [0.5, 0.6) is 5.75 Å². The van der Waals surface area contributed by atoms with Gasteiger partial charge in [-0.2, -0.15) is 0 Å². The molecule has 1 aliphatic carbocycles. The average molecular weight is 493 g/mol. The summed E-state index contributed by atoms with van der Waals surface area (Å²) in [7, 11) is 1.69. The zero-order chi connectivity index (χ0) is 25.2. The minimum Gasteiger partial charge on any atom is -0.497 e. The highest BCUT2D eigenvalue weighted by molar-refractivity contribution is 6.07. The molecule has 1 N–H and O–H groups in total. The van der Waals surface area contributed by atoms with Crippen molar-refractivity contribution in [3.8, 4) is 5.75 Å². The van der Waals surface area contributed by atoms with Crippen molar-refractivity contribution < 1.29 is 9.53 Å². The normalized spacial score (nSPS) is 17.4. The van der Waals surface area contributed by atoms with Crippen LogP contribution in [-0.2, 0) is 6.42 Å². The van der Waals surface area contributed by atoms with Gasteiger partial charge in [0.2, 0.25) is 0 Å². The topological polar surface area (TPSA) is 57.7 Å². The number of methoxy groups -OCH3 is 1. The van der Waals surface area contributed by atoms with Gasteiger partial charge >= 0.3 is 0 Å². The zero-order valence-electron chi connectivity index (χ0n) is 21.2. The van der Waals surface area contributed by atoms with E-state index in [2.05, 4.69) is 51.5 Å². The molecule has 37 heavy (non-hydrogen) atoms. The third kappa shape index (κ3) is 4.71. The fourth-order valence-corrected chi connectivity index (χ4v) is 5.64. The van der Waals surface area contributed by atoms with Crippen LogP contribution in [0, 0.1) is 0 Å². The fourth-order valence-electron chi connectivity index (χ4n) is 5.64. The quantitative estimate of drug-likeness (QED) is 0.406. The summed E-state index contributed by atoms with van der Waals surface area (Å²) in [5.41, 5.74) is 5.33. The molecule has 6 heteroatoms. The van der Waals surface area contributed by atoms with E-state index in [0.29, 0.717) is 5.56 Å². The Kier molecular flexibility index (Phi) is 6.39. The number of hydrogen-bond acceptors (Lipinski definition) is 5. The molecule has 0 spiro atoms. The van der Waals surface area contributed by atoms with Crippen molar-refractivity contribution in [3.63, 3.8) is 0 Å². The number of nitrogens with zero attached hydrogens (tertiary/aromatic N) is 3. The Hall–Kier alpha value is -4.06. The Morgan fingerprint density at radius 2 is 1.65 bits per heavy atom. The second-order valence-corrected chi connectivity index (χ2v) is 9.83. The molecule has 1 saturated heterocycles. The molecule has 2 aliphatic rings. The summed E-state index contributed by atoms with van der Waals surface area (Å²) in [5, 5.41) is 4.24. The monoisotopic (exact) mass is 492 g/mol. The maximum atomic E-state index is 13.7. The van der Waals surface area contributed by atoms with Crippen molar-refractivity contribution in [2.45, 2.75) is 25.3 Å². The van der Waals surface area contributed by atoms with Crippen molar-refractivity contribution >= 4 is 28.3 Å². The number of hydrogen-bond donors (Lipinski definition) is 1. The first kappa shape index (κ1) is 23.3. The van der Waals surface area contributed by atoms with Crippen LogP contribution in [0.1, 0.15) is 40.4 Å². The van der Waals surface area contributed by atoms with Crippen LogP contribution in [0.4, 0.5) is 11.5 Å². The van der Waals surface area contributed by atoms with E-state index in [9.17, 15) is 4.79 Å². The third-order valence-electron chi connectivity index (χ3n) is 7.66.